The monoisotopic (exact) mass is 638 g/mol. The lowest BCUT2D eigenvalue weighted by atomic mass is 10.1. The van der Waals surface area contributed by atoms with Gasteiger partial charge in [0.15, 0.2) is 0 Å². The van der Waals surface area contributed by atoms with Crippen LogP contribution < -0.4 is 10.6 Å². The zero-order valence-electron chi connectivity index (χ0n) is 27.8. The number of carbonyl (C=O) groups excluding carboxylic acids is 2. The molecule has 1 fully saturated rings. The molecule has 4 aromatic rings. The van der Waals surface area contributed by atoms with Crippen LogP contribution in [0.4, 0.5) is 22.1 Å². The van der Waals surface area contributed by atoms with Gasteiger partial charge < -0.3 is 20.1 Å². The van der Waals surface area contributed by atoms with E-state index in [1.165, 1.54) is 0 Å². The van der Waals surface area contributed by atoms with Crippen LogP contribution in [0.3, 0.4) is 0 Å². The van der Waals surface area contributed by atoms with Gasteiger partial charge in [-0.15, -0.1) is 0 Å². The fraction of sp³-hybridized carbons (Fsp3) is 0.361. The van der Waals surface area contributed by atoms with Crippen LogP contribution in [0.5, 0.6) is 0 Å². The molecule has 1 amide bonds. The number of hydrogen-bond donors (Lipinski definition) is 2. The summed E-state index contributed by atoms with van der Waals surface area (Å²) in [6, 6.07) is 19.1. The largest absolute Gasteiger partial charge is 0.513 e. The van der Waals surface area contributed by atoms with Crippen molar-refractivity contribution in [3.63, 3.8) is 0 Å². The average molecular weight is 639 g/mol. The number of nitrogens with one attached hydrogen (secondary N) is 2. The van der Waals surface area contributed by atoms with E-state index < -0.39 is 11.8 Å². The molecule has 2 N–H and O–H groups in total. The van der Waals surface area contributed by atoms with Crippen LogP contribution in [0.15, 0.2) is 79.3 Å². The highest BCUT2D eigenvalue weighted by molar-refractivity contribution is 6.04. The van der Waals surface area contributed by atoms with E-state index in [4.69, 9.17) is 9.47 Å². The number of piperazine rings is 1. The van der Waals surface area contributed by atoms with Gasteiger partial charge in [0, 0.05) is 60.7 Å². The van der Waals surface area contributed by atoms with E-state index in [1.807, 2.05) is 88.4 Å². The van der Waals surface area contributed by atoms with Gasteiger partial charge in [-0.05, 0) is 80.8 Å². The summed E-state index contributed by atoms with van der Waals surface area (Å²) in [7, 11) is 2.10. The number of nitrogens with zero attached hydrogens (tertiary/aromatic N) is 5. The van der Waals surface area contributed by atoms with Crippen molar-refractivity contribution in [3.05, 3.63) is 95.9 Å². The van der Waals surface area contributed by atoms with Crippen molar-refractivity contribution < 1.29 is 23.5 Å². The molecular weight excluding hydrogens is 594 g/mol. The van der Waals surface area contributed by atoms with Crippen molar-refractivity contribution in [1.29, 1.82) is 0 Å². The van der Waals surface area contributed by atoms with Crippen molar-refractivity contribution >= 4 is 29.4 Å². The molecule has 0 radical (unpaired) electrons. The first-order valence-electron chi connectivity index (χ1n) is 15.9. The number of anilines is 3. The topological polar surface area (TPSA) is 119 Å². The number of likely N-dealkylation sites (N-methyl/N-ethyl adjacent to an activating group) is 1. The van der Waals surface area contributed by atoms with Crippen LogP contribution >= 0.6 is 0 Å². The first-order valence-corrected chi connectivity index (χ1v) is 15.9. The van der Waals surface area contributed by atoms with Crippen molar-refractivity contribution in [1.82, 2.24) is 19.9 Å². The Morgan fingerprint density at radius 2 is 1.79 bits per heavy atom. The third-order valence-corrected chi connectivity index (χ3v) is 8.59. The maximum absolute atomic E-state index is 13.1. The fourth-order valence-electron chi connectivity index (χ4n) is 5.08. The minimum Gasteiger partial charge on any atom is -0.428 e. The van der Waals surface area contributed by atoms with E-state index in [-0.39, 0.29) is 5.91 Å². The quantitative estimate of drug-likeness (QED) is 0.142. The van der Waals surface area contributed by atoms with Crippen molar-refractivity contribution in [2.24, 2.45) is 0 Å². The molecule has 0 aliphatic carbocycles. The van der Waals surface area contributed by atoms with Gasteiger partial charge in [-0.25, -0.2) is 14.8 Å². The lowest BCUT2D eigenvalue weighted by molar-refractivity contribution is -0.929. The number of rotatable bonds is 11. The molecule has 3 heterocycles. The highest BCUT2D eigenvalue weighted by Crippen LogP contribution is 2.25. The smallest absolute Gasteiger partial charge is 0.428 e. The number of ether oxygens (including phenoxy) is 2. The van der Waals surface area contributed by atoms with Gasteiger partial charge in [-0.2, -0.15) is 0 Å². The third kappa shape index (κ3) is 9.34. The lowest BCUT2D eigenvalue weighted by Crippen LogP contribution is -2.58. The first kappa shape index (κ1) is 33.5. The molecule has 0 unspecified atom stereocenters. The second kappa shape index (κ2) is 14.7. The fourth-order valence-corrected chi connectivity index (χ4v) is 5.08. The van der Waals surface area contributed by atoms with Crippen molar-refractivity contribution in [2.75, 3.05) is 50.6 Å². The first-order chi connectivity index (χ1) is 22.5. The molecule has 0 bridgehead atoms. The standard InChI is InChI=1S/C36H43N7O4/c1-6-36(3,4)47-35(45)46-25-43(5)20-18-42(19-21-43)24-27-10-12-28(13-11-27)33(44)39-30-14-9-26(2)32(22-30)41-34-38-17-15-31(40-34)29-8-7-16-37-23-29/h7-17,22-23H,6,18-21,24-25H2,1-5H3,(H-,38,39,40,41,44)/p+1. The zero-order valence-corrected chi connectivity index (χ0v) is 27.8. The molecular formula is C36H44N7O4+. The minimum absolute atomic E-state index is 0.187. The van der Waals surface area contributed by atoms with Crippen LogP contribution in [0.25, 0.3) is 11.3 Å². The van der Waals surface area contributed by atoms with E-state index in [9.17, 15) is 9.59 Å². The average Bonchev–Trinajstić information content (AvgIpc) is 3.07. The predicted octanol–water partition coefficient (Wildman–Crippen LogP) is 6.40. The van der Waals surface area contributed by atoms with E-state index in [0.717, 1.165) is 67.2 Å². The number of carbonyl (C=O) groups is 2. The number of aryl methyl sites for hydroxylation is 1. The molecule has 11 heteroatoms. The van der Waals surface area contributed by atoms with Gasteiger partial charge in [0.05, 0.1) is 25.8 Å². The van der Waals surface area contributed by atoms with E-state index in [2.05, 4.69) is 37.5 Å². The summed E-state index contributed by atoms with van der Waals surface area (Å²) in [6.45, 7) is 12.3. The van der Waals surface area contributed by atoms with Crippen LogP contribution in [0.1, 0.15) is 48.7 Å². The number of hydrogen-bond acceptors (Lipinski definition) is 9. The second-order valence-corrected chi connectivity index (χ2v) is 12.9. The summed E-state index contributed by atoms with van der Waals surface area (Å²) >= 11 is 0. The molecule has 0 saturated carbocycles. The Kier molecular flexibility index (Phi) is 10.5. The van der Waals surface area contributed by atoms with Gasteiger partial charge >= 0.3 is 6.16 Å². The maximum atomic E-state index is 13.1. The second-order valence-electron chi connectivity index (χ2n) is 12.9. The zero-order chi connectivity index (χ0) is 33.4. The summed E-state index contributed by atoms with van der Waals surface area (Å²) in [5, 5.41) is 6.29. The number of amides is 1. The lowest BCUT2D eigenvalue weighted by Gasteiger charge is -2.41. The van der Waals surface area contributed by atoms with Crippen LogP contribution in [0.2, 0.25) is 0 Å². The van der Waals surface area contributed by atoms with E-state index in [0.29, 0.717) is 28.4 Å². The Bertz CT molecular complexity index is 1670. The molecule has 1 aliphatic rings. The molecule has 11 nitrogen and oxygen atoms in total. The molecule has 246 valence electrons. The van der Waals surface area contributed by atoms with Gasteiger partial charge in [-0.1, -0.05) is 25.1 Å². The molecule has 0 spiro atoms. The summed E-state index contributed by atoms with van der Waals surface area (Å²) in [5.41, 5.74) is 5.30. The van der Waals surface area contributed by atoms with Crippen LogP contribution in [0, 0.1) is 6.92 Å². The van der Waals surface area contributed by atoms with Crippen molar-refractivity contribution in [2.45, 2.75) is 46.3 Å². The molecule has 2 aromatic carbocycles. The molecule has 2 aromatic heterocycles. The number of pyridine rings is 1. The molecule has 1 aliphatic heterocycles. The third-order valence-electron chi connectivity index (χ3n) is 8.59. The van der Waals surface area contributed by atoms with Gasteiger partial charge in [0.1, 0.15) is 5.60 Å². The SMILES string of the molecule is CCC(C)(C)OC(=O)OC[N+]1(C)CCN(Cc2ccc(C(=O)Nc3ccc(C)c(Nc4nccc(-c5cccnc5)n4)c3)cc2)CC1. The molecule has 5 rings (SSSR count). The Labute approximate surface area is 276 Å². The van der Waals surface area contributed by atoms with Crippen LogP contribution in [-0.2, 0) is 16.0 Å². The maximum Gasteiger partial charge on any atom is 0.513 e. The minimum atomic E-state index is -0.611. The van der Waals surface area contributed by atoms with E-state index in [1.54, 1.807) is 18.6 Å². The Morgan fingerprint density at radius 3 is 2.49 bits per heavy atom. The Balaban J connectivity index is 1.12. The number of benzene rings is 2. The van der Waals surface area contributed by atoms with Crippen LogP contribution in [-0.4, -0.2) is 82.0 Å². The number of quaternary nitrogens is 1. The van der Waals surface area contributed by atoms with Crippen molar-refractivity contribution in [3.8, 4) is 11.3 Å². The highest BCUT2D eigenvalue weighted by Gasteiger charge is 2.31. The molecule has 47 heavy (non-hydrogen) atoms. The predicted molar refractivity (Wildman–Crippen MR) is 182 cm³/mol. The molecule has 1 saturated heterocycles. The highest BCUT2D eigenvalue weighted by atomic mass is 16.7. The normalized spacial score (nSPS) is 14.7. The summed E-state index contributed by atoms with van der Waals surface area (Å²) in [4.78, 5) is 40.8. The van der Waals surface area contributed by atoms with E-state index >= 15 is 0 Å². The van der Waals surface area contributed by atoms with Gasteiger partial charge in [0.25, 0.3) is 5.91 Å². The number of aromatic nitrogens is 3. The summed E-state index contributed by atoms with van der Waals surface area (Å²) < 4.78 is 11.5. The molecule has 0 atom stereocenters. The Hall–Kier alpha value is -4.87. The van der Waals surface area contributed by atoms with Gasteiger partial charge in [-0.3, -0.25) is 19.2 Å². The Morgan fingerprint density at radius 1 is 1.02 bits per heavy atom. The van der Waals surface area contributed by atoms with Gasteiger partial charge in [0.2, 0.25) is 12.7 Å². The summed E-state index contributed by atoms with van der Waals surface area (Å²) in [6.07, 6.45) is 5.30. The summed E-state index contributed by atoms with van der Waals surface area (Å²) in [5.74, 6) is 0.267.